The zero-order valence-electron chi connectivity index (χ0n) is 21.7. The summed E-state index contributed by atoms with van der Waals surface area (Å²) < 4.78 is 1.95. The lowest BCUT2D eigenvalue weighted by Gasteiger charge is -2.16. The van der Waals surface area contributed by atoms with E-state index in [1.165, 1.54) is 0 Å². The van der Waals surface area contributed by atoms with Crippen molar-refractivity contribution >= 4 is 34.6 Å². The topological polar surface area (TPSA) is 109 Å². The van der Waals surface area contributed by atoms with Gasteiger partial charge in [0.15, 0.2) is 5.82 Å². The number of aliphatic imine (C=N–C) groups is 1. The molecule has 38 heavy (non-hydrogen) atoms. The molecular formula is C29H29N5O3S. The van der Waals surface area contributed by atoms with Crippen molar-refractivity contribution in [2.24, 2.45) is 10.9 Å². The first-order valence-electron chi connectivity index (χ1n) is 12.5. The van der Waals surface area contributed by atoms with E-state index in [4.69, 9.17) is 4.99 Å². The van der Waals surface area contributed by atoms with Gasteiger partial charge < -0.3 is 10.4 Å². The van der Waals surface area contributed by atoms with Gasteiger partial charge in [0.2, 0.25) is 5.91 Å². The smallest absolute Gasteiger partial charge is 0.308 e. The molecule has 2 aromatic heterocycles. The SMILES string of the molecule is Cc1sc2c(c1C)C(c1ccc(NC(=O)CCc3ccccc3)cc1)=N[C@@H](C(C)C(=O)O)c1nnc(C)n1-2. The number of carboxylic acid groups (broad SMARTS) is 1. The van der Waals surface area contributed by atoms with Crippen LogP contribution in [0.4, 0.5) is 5.69 Å². The van der Waals surface area contributed by atoms with E-state index in [1.54, 1.807) is 18.3 Å². The highest BCUT2D eigenvalue weighted by Gasteiger charge is 2.36. The molecule has 1 aliphatic rings. The monoisotopic (exact) mass is 527 g/mol. The summed E-state index contributed by atoms with van der Waals surface area (Å²) in [5, 5.41) is 22.4. The van der Waals surface area contributed by atoms with Crippen molar-refractivity contribution in [2.75, 3.05) is 5.32 Å². The van der Waals surface area contributed by atoms with E-state index < -0.39 is 17.9 Å². The van der Waals surface area contributed by atoms with Gasteiger partial charge in [-0.05, 0) is 57.4 Å². The molecule has 8 nitrogen and oxygen atoms in total. The summed E-state index contributed by atoms with van der Waals surface area (Å²) in [4.78, 5) is 30.7. The average molecular weight is 528 g/mol. The Labute approximate surface area is 225 Å². The fraction of sp³-hybridized carbons (Fsp3) is 0.276. The molecule has 1 aliphatic heterocycles. The lowest BCUT2D eigenvalue weighted by molar-refractivity contribution is -0.141. The van der Waals surface area contributed by atoms with Crippen molar-refractivity contribution in [3.63, 3.8) is 0 Å². The Hall–Kier alpha value is -4.11. The first-order valence-corrected chi connectivity index (χ1v) is 13.3. The molecule has 2 atom stereocenters. The van der Waals surface area contributed by atoms with Gasteiger partial charge in [-0.15, -0.1) is 21.5 Å². The highest BCUT2D eigenvalue weighted by atomic mass is 32.1. The largest absolute Gasteiger partial charge is 0.481 e. The molecule has 1 amide bonds. The number of benzene rings is 2. The summed E-state index contributed by atoms with van der Waals surface area (Å²) in [6.45, 7) is 7.64. The highest BCUT2D eigenvalue weighted by Crippen LogP contribution is 2.40. The van der Waals surface area contributed by atoms with Crippen LogP contribution < -0.4 is 5.32 Å². The first kappa shape index (κ1) is 25.5. The Morgan fingerprint density at radius 2 is 1.76 bits per heavy atom. The number of nitrogens with zero attached hydrogens (tertiary/aromatic N) is 4. The number of amides is 1. The van der Waals surface area contributed by atoms with Gasteiger partial charge in [-0.2, -0.15) is 0 Å². The summed E-state index contributed by atoms with van der Waals surface area (Å²) >= 11 is 1.63. The van der Waals surface area contributed by atoms with Crippen LogP contribution in [0.1, 0.15) is 58.2 Å². The van der Waals surface area contributed by atoms with Gasteiger partial charge in [-0.25, -0.2) is 0 Å². The number of aliphatic carboxylic acids is 1. The molecule has 2 aromatic carbocycles. The second kappa shape index (κ2) is 10.3. The van der Waals surface area contributed by atoms with E-state index in [2.05, 4.69) is 29.4 Å². The number of anilines is 1. The van der Waals surface area contributed by atoms with Gasteiger partial charge in [0.1, 0.15) is 16.9 Å². The van der Waals surface area contributed by atoms with E-state index in [9.17, 15) is 14.7 Å². The molecule has 0 radical (unpaired) electrons. The van der Waals surface area contributed by atoms with E-state index in [0.29, 0.717) is 35.9 Å². The van der Waals surface area contributed by atoms with Crippen LogP contribution in [0.2, 0.25) is 0 Å². The van der Waals surface area contributed by atoms with E-state index in [1.807, 2.05) is 66.1 Å². The summed E-state index contributed by atoms with van der Waals surface area (Å²) in [5.41, 5.74) is 5.42. The standard InChI is InChI=1S/C29H29N5O3S/c1-16-18(3)38-28-24(16)26(31-25(17(2)29(36)37)27-33-32-19(4)34(27)28)21-11-13-22(14-12-21)30-23(35)15-10-20-8-6-5-7-9-20/h5-9,11-14,17,25H,10,15H2,1-4H3,(H,30,35)(H,36,37)/t17?,25-/m0/s1. The maximum Gasteiger partial charge on any atom is 0.308 e. The molecule has 5 rings (SSSR count). The number of fused-ring (bicyclic) bond motifs is 3. The summed E-state index contributed by atoms with van der Waals surface area (Å²) in [6, 6.07) is 16.8. The summed E-state index contributed by atoms with van der Waals surface area (Å²) in [5.74, 6) is -0.584. The van der Waals surface area contributed by atoms with Gasteiger partial charge in [0.05, 0.1) is 11.6 Å². The highest BCUT2D eigenvalue weighted by molar-refractivity contribution is 7.15. The molecule has 0 spiro atoms. The van der Waals surface area contributed by atoms with Crippen molar-refractivity contribution < 1.29 is 14.7 Å². The number of carbonyl (C=O) groups is 2. The zero-order valence-corrected chi connectivity index (χ0v) is 22.5. The fourth-order valence-corrected chi connectivity index (χ4v) is 5.87. The van der Waals surface area contributed by atoms with Crippen LogP contribution in [0, 0.1) is 26.7 Å². The predicted molar refractivity (Wildman–Crippen MR) is 148 cm³/mol. The molecule has 0 bridgehead atoms. The van der Waals surface area contributed by atoms with Gasteiger partial charge in [0.25, 0.3) is 0 Å². The molecule has 3 heterocycles. The number of aryl methyl sites for hydroxylation is 3. The molecule has 0 saturated carbocycles. The van der Waals surface area contributed by atoms with Crippen molar-refractivity contribution in [3.05, 3.63) is 93.4 Å². The van der Waals surface area contributed by atoms with Gasteiger partial charge in [-0.3, -0.25) is 19.1 Å². The van der Waals surface area contributed by atoms with Crippen molar-refractivity contribution in [3.8, 4) is 5.00 Å². The lowest BCUT2D eigenvalue weighted by atomic mass is 9.98. The number of rotatable bonds is 7. The second-order valence-corrected chi connectivity index (χ2v) is 10.8. The molecule has 1 unspecified atom stereocenters. The van der Waals surface area contributed by atoms with Crippen molar-refractivity contribution in [1.82, 2.24) is 14.8 Å². The molecule has 0 fully saturated rings. The van der Waals surface area contributed by atoms with E-state index in [0.717, 1.165) is 32.1 Å². The summed E-state index contributed by atoms with van der Waals surface area (Å²) in [7, 11) is 0. The lowest BCUT2D eigenvalue weighted by Crippen LogP contribution is -2.21. The van der Waals surface area contributed by atoms with Gasteiger partial charge >= 0.3 is 5.97 Å². The van der Waals surface area contributed by atoms with Crippen molar-refractivity contribution in [2.45, 2.75) is 46.6 Å². The van der Waals surface area contributed by atoms with Crippen LogP contribution in [0.5, 0.6) is 0 Å². The van der Waals surface area contributed by atoms with Crippen LogP contribution in [0.15, 0.2) is 59.6 Å². The molecule has 2 N–H and O–H groups in total. The molecule has 4 aromatic rings. The van der Waals surface area contributed by atoms with Gasteiger partial charge in [0, 0.05) is 28.1 Å². The van der Waals surface area contributed by atoms with Crippen LogP contribution in [0.25, 0.3) is 5.00 Å². The molecule has 0 aliphatic carbocycles. The third kappa shape index (κ3) is 4.77. The quantitative estimate of drug-likeness (QED) is 0.333. The molecule has 9 heteroatoms. The average Bonchev–Trinajstić information content (AvgIpc) is 3.38. The Morgan fingerprint density at radius 3 is 2.45 bits per heavy atom. The third-order valence-electron chi connectivity index (χ3n) is 6.98. The Bertz CT molecular complexity index is 1540. The van der Waals surface area contributed by atoms with Crippen LogP contribution in [-0.4, -0.2) is 37.5 Å². The minimum atomic E-state index is -0.947. The number of carboxylic acids is 1. The number of hydrogen-bond donors (Lipinski definition) is 2. The number of aromatic nitrogens is 3. The number of thiophene rings is 1. The minimum Gasteiger partial charge on any atom is -0.481 e. The van der Waals surface area contributed by atoms with Crippen molar-refractivity contribution in [1.29, 1.82) is 0 Å². The van der Waals surface area contributed by atoms with Gasteiger partial charge in [-0.1, -0.05) is 42.5 Å². The Balaban J connectivity index is 1.48. The Morgan fingerprint density at radius 1 is 1.05 bits per heavy atom. The number of hydrogen-bond acceptors (Lipinski definition) is 6. The maximum atomic E-state index is 12.5. The second-order valence-electron chi connectivity index (χ2n) is 9.56. The fourth-order valence-electron chi connectivity index (χ4n) is 4.65. The number of nitrogens with one attached hydrogen (secondary N) is 1. The Kier molecular flexibility index (Phi) is 6.94. The molecule has 0 saturated heterocycles. The maximum absolute atomic E-state index is 12.5. The summed E-state index contributed by atoms with van der Waals surface area (Å²) in [6.07, 6.45) is 1.07. The van der Waals surface area contributed by atoms with Crippen LogP contribution >= 0.6 is 11.3 Å². The third-order valence-corrected chi connectivity index (χ3v) is 8.17. The van der Waals surface area contributed by atoms with Crippen LogP contribution in [0.3, 0.4) is 0 Å². The molecule has 194 valence electrons. The molecular weight excluding hydrogens is 498 g/mol. The zero-order chi connectivity index (χ0) is 27.0. The first-order chi connectivity index (χ1) is 18.2. The predicted octanol–water partition coefficient (Wildman–Crippen LogP) is 5.44. The normalized spacial score (nSPS) is 15.2. The number of carbonyl (C=O) groups excluding carboxylic acids is 1. The van der Waals surface area contributed by atoms with Crippen LogP contribution in [-0.2, 0) is 16.0 Å². The van der Waals surface area contributed by atoms with E-state index in [-0.39, 0.29) is 5.91 Å². The minimum absolute atomic E-state index is 0.0521. The van der Waals surface area contributed by atoms with E-state index >= 15 is 0 Å².